The van der Waals surface area contributed by atoms with Crippen molar-refractivity contribution in [3.63, 3.8) is 0 Å². The molecule has 0 saturated carbocycles. The number of aliphatic hydroxyl groups is 1. The molecule has 0 fully saturated rings. The SMILES string of the molecule is CC1C(=O)NCCc2[nH]c3c(Cl)c(Cl)cc(OC[C@@H](C)O)c3c21. The van der Waals surface area contributed by atoms with E-state index in [-0.39, 0.29) is 18.4 Å². The topological polar surface area (TPSA) is 74.4 Å². The van der Waals surface area contributed by atoms with Crippen LogP contribution >= 0.6 is 23.2 Å². The molecule has 3 rings (SSSR count). The quantitative estimate of drug-likeness (QED) is 0.791. The molecule has 0 aliphatic carbocycles. The van der Waals surface area contributed by atoms with Gasteiger partial charge in [-0.05, 0) is 19.4 Å². The zero-order valence-corrected chi connectivity index (χ0v) is 14.4. The second-order valence-electron chi connectivity index (χ2n) is 5.86. The fourth-order valence-corrected chi connectivity index (χ4v) is 3.34. The standard InChI is InChI=1S/C16H18Cl2N2O3/c1-7(21)6-23-11-5-9(17)14(18)15-13(11)12-8(2)16(22)19-4-3-10(12)20-15/h5,7-8,20-21H,3-4,6H2,1-2H3,(H,19,22)/t7-,8?/m1/s1. The minimum Gasteiger partial charge on any atom is -0.490 e. The number of nitrogens with one attached hydrogen (secondary N) is 2. The highest BCUT2D eigenvalue weighted by Crippen LogP contribution is 2.43. The van der Waals surface area contributed by atoms with Crippen molar-refractivity contribution in [1.29, 1.82) is 0 Å². The normalized spacial score (nSPS) is 19.2. The molecule has 0 radical (unpaired) electrons. The molecule has 0 spiro atoms. The van der Waals surface area contributed by atoms with Crippen LogP contribution in [-0.2, 0) is 11.2 Å². The number of carbonyl (C=O) groups is 1. The van der Waals surface area contributed by atoms with Gasteiger partial charge in [0, 0.05) is 30.1 Å². The Morgan fingerprint density at radius 3 is 2.91 bits per heavy atom. The maximum atomic E-state index is 12.2. The molecule has 1 aliphatic rings. The van der Waals surface area contributed by atoms with Gasteiger partial charge in [-0.1, -0.05) is 23.2 Å². The average Bonchev–Trinajstić information content (AvgIpc) is 2.82. The number of H-pyrrole nitrogens is 1. The average molecular weight is 357 g/mol. The van der Waals surface area contributed by atoms with Gasteiger partial charge in [0.15, 0.2) is 0 Å². The number of aromatic nitrogens is 1. The Morgan fingerprint density at radius 2 is 2.22 bits per heavy atom. The van der Waals surface area contributed by atoms with E-state index >= 15 is 0 Å². The van der Waals surface area contributed by atoms with Crippen molar-refractivity contribution < 1.29 is 14.6 Å². The number of ether oxygens (including phenoxy) is 1. The first kappa shape index (κ1) is 16.4. The van der Waals surface area contributed by atoms with Crippen molar-refractivity contribution in [3.8, 4) is 5.75 Å². The van der Waals surface area contributed by atoms with Crippen LogP contribution in [0.3, 0.4) is 0 Å². The van der Waals surface area contributed by atoms with E-state index in [4.69, 9.17) is 27.9 Å². The van der Waals surface area contributed by atoms with Gasteiger partial charge in [0.2, 0.25) is 5.91 Å². The predicted octanol–water partition coefficient (Wildman–Crippen LogP) is 3.01. The summed E-state index contributed by atoms with van der Waals surface area (Å²) in [7, 11) is 0. The van der Waals surface area contributed by atoms with Crippen LogP contribution in [0, 0.1) is 0 Å². The third-order valence-electron chi connectivity index (χ3n) is 4.03. The summed E-state index contributed by atoms with van der Waals surface area (Å²) in [6.07, 6.45) is 0.0712. The molecule has 5 nitrogen and oxygen atoms in total. The van der Waals surface area contributed by atoms with Crippen LogP contribution in [0.5, 0.6) is 5.75 Å². The summed E-state index contributed by atoms with van der Waals surface area (Å²) in [6.45, 7) is 4.20. The zero-order valence-electron chi connectivity index (χ0n) is 12.9. The van der Waals surface area contributed by atoms with Gasteiger partial charge in [-0.25, -0.2) is 0 Å². The first-order valence-corrected chi connectivity index (χ1v) is 8.26. The Labute approximate surface area is 143 Å². The lowest BCUT2D eigenvalue weighted by molar-refractivity contribution is -0.121. The maximum Gasteiger partial charge on any atom is 0.227 e. The predicted molar refractivity (Wildman–Crippen MR) is 90.6 cm³/mol. The second-order valence-corrected chi connectivity index (χ2v) is 6.65. The molecule has 0 bridgehead atoms. The van der Waals surface area contributed by atoms with E-state index in [9.17, 15) is 9.90 Å². The number of hydrogen-bond donors (Lipinski definition) is 3. The van der Waals surface area contributed by atoms with Gasteiger partial charge < -0.3 is 20.1 Å². The van der Waals surface area contributed by atoms with Crippen LogP contribution in [0.2, 0.25) is 10.0 Å². The Bertz CT molecular complexity index is 771. The summed E-state index contributed by atoms with van der Waals surface area (Å²) in [6, 6.07) is 1.64. The summed E-state index contributed by atoms with van der Waals surface area (Å²) in [4.78, 5) is 15.5. The monoisotopic (exact) mass is 356 g/mol. The smallest absolute Gasteiger partial charge is 0.227 e. The number of benzene rings is 1. The van der Waals surface area contributed by atoms with Crippen molar-refractivity contribution in [2.24, 2.45) is 0 Å². The summed E-state index contributed by atoms with van der Waals surface area (Å²) in [5.74, 6) is 0.166. The second kappa shape index (κ2) is 6.23. The highest BCUT2D eigenvalue weighted by Gasteiger charge is 2.29. The van der Waals surface area contributed by atoms with Crippen LogP contribution in [-0.4, -0.2) is 35.3 Å². The van der Waals surface area contributed by atoms with E-state index in [2.05, 4.69) is 10.3 Å². The van der Waals surface area contributed by atoms with Gasteiger partial charge in [-0.15, -0.1) is 0 Å². The van der Waals surface area contributed by atoms with Crippen molar-refractivity contribution in [2.75, 3.05) is 13.2 Å². The lowest BCUT2D eigenvalue weighted by atomic mass is 9.96. The number of aromatic amines is 1. The molecule has 23 heavy (non-hydrogen) atoms. The number of aliphatic hydroxyl groups excluding tert-OH is 1. The number of amides is 1. The summed E-state index contributed by atoms with van der Waals surface area (Å²) in [5.41, 5.74) is 2.51. The fourth-order valence-electron chi connectivity index (χ4n) is 2.95. The molecule has 1 aliphatic heterocycles. The van der Waals surface area contributed by atoms with E-state index in [1.807, 2.05) is 6.92 Å². The summed E-state index contributed by atoms with van der Waals surface area (Å²) >= 11 is 12.5. The van der Waals surface area contributed by atoms with E-state index in [0.717, 1.165) is 16.6 Å². The molecule has 3 N–H and O–H groups in total. The third-order valence-corrected chi connectivity index (χ3v) is 4.82. The van der Waals surface area contributed by atoms with Crippen LogP contribution < -0.4 is 10.1 Å². The van der Waals surface area contributed by atoms with Crippen molar-refractivity contribution in [1.82, 2.24) is 10.3 Å². The molecule has 0 saturated heterocycles. The summed E-state index contributed by atoms with van der Waals surface area (Å²) in [5, 5.41) is 13.9. The van der Waals surface area contributed by atoms with Gasteiger partial charge in [0.05, 0.1) is 27.6 Å². The first-order valence-electron chi connectivity index (χ1n) is 7.51. The highest BCUT2D eigenvalue weighted by molar-refractivity contribution is 6.45. The highest BCUT2D eigenvalue weighted by atomic mass is 35.5. The van der Waals surface area contributed by atoms with Crippen LogP contribution in [0.25, 0.3) is 10.9 Å². The Kier molecular flexibility index (Phi) is 4.45. The zero-order chi connectivity index (χ0) is 16.7. The Hall–Kier alpha value is -1.43. The molecular weight excluding hydrogens is 339 g/mol. The molecule has 2 atom stereocenters. The Morgan fingerprint density at radius 1 is 1.48 bits per heavy atom. The van der Waals surface area contributed by atoms with E-state index in [1.54, 1.807) is 13.0 Å². The molecule has 7 heteroatoms. The van der Waals surface area contributed by atoms with Crippen molar-refractivity contribution in [3.05, 3.63) is 27.4 Å². The molecule has 1 aromatic heterocycles. The van der Waals surface area contributed by atoms with Crippen molar-refractivity contribution in [2.45, 2.75) is 32.3 Å². The van der Waals surface area contributed by atoms with Gasteiger partial charge in [-0.2, -0.15) is 0 Å². The number of hydrogen-bond acceptors (Lipinski definition) is 3. The number of fused-ring (bicyclic) bond motifs is 3. The molecule has 124 valence electrons. The van der Waals surface area contributed by atoms with Crippen molar-refractivity contribution >= 4 is 40.0 Å². The van der Waals surface area contributed by atoms with E-state index in [0.29, 0.717) is 34.3 Å². The number of carbonyl (C=O) groups excluding carboxylic acids is 1. The van der Waals surface area contributed by atoms with Gasteiger partial charge in [-0.3, -0.25) is 4.79 Å². The van der Waals surface area contributed by atoms with Gasteiger partial charge in [0.1, 0.15) is 12.4 Å². The minimum atomic E-state index is -0.613. The number of halogens is 2. The lowest BCUT2D eigenvalue weighted by Gasteiger charge is -2.14. The molecule has 2 aromatic rings. The minimum absolute atomic E-state index is 0.0304. The van der Waals surface area contributed by atoms with Crippen LogP contribution in [0.1, 0.15) is 31.0 Å². The fraction of sp³-hybridized carbons (Fsp3) is 0.438. The van der Waals surface area contributed by atoms with Gasteiger partial charge >= 0.3 is 0 Å². The van der Waals surface area contributed by atoms with Gasteiger partial charge in [0.25, 0.3) is 0 Å². The lowest BCUT2D eigenvalue weighted by Crippen LogP contribution is -2.26. The van der Waals surface area contributed by atoms with E-state index < -0.39 is 6.10 Å². The first-order chi connectivity index (χ1) is 10.9. The Balaban J connectivity index is 2.25. The molecular formula is C16H18Cl2N2O3. The number of rotatable bonds is 3. The molecule has 1 unspecified atom stereocenters. The largest absolute Gasteiger partial charge is 0.490 e. The summed E-state index contributed by atoms with van der Waals surface area (Å²) < 4.78 is 5.72. The third kappa shape index (κ3) is 2.89. The van der Waals surface area contributed by atoms with Crippen LogP contribution in [0.15, 0.2) is 6.07 Å². The molecule has 2 heterocycles. The molecule has 1 amide bonds. The van der Waals surface area contributed by atoms with E-state index in [1.165, 1.54) is 0 Å². The molecule has 1 aromatic carbocycles. The van der Waals surface area contributed by atoms with Crippen LogP contribution in [0.4, 0.5) is 0 Å². The maximum absolute atomic E-state index is 12.2.